The lowest BCUT2D eigenvalue weighted by atomic mass is 9.43. The Morgan fingerprint density at radius 2 is 1.76 bits per heavy atom. The fourth-order valence-corrected chi connectivity index (χ4v) is 10.0. The molecule has 0 aromatic heterocycles. The number of para-hydroxylation sites is 1. The molecule has 0 aliphatic heterocycles. The summed E-state index contributed by atoms with van der Waals surface area (Å²) in [5.41, 5.74) is 0.308. The van der Waals surface area contributed by atoms with E-state index in [9.17, 15) is 19.5 Å². The van der Waals surface area contributed by atoms with Gasteiger partial charge < -0.3 is 19.3 Å². The van der Waals surface area contributed by atoms with Gasteiger partial charge in [0.1, 0.15) is 12.2 Å². The SMILES string of the molecule is COC(=O)CC[C@@H](C)[C@H]1CC[C@H]2[C@@H]3[C@H](OC(C)=O)C[C@@H]4C[C@@H](O)CC[C@]4(C)[C@H]3C[C@H](OC(=O)Nc3ccccc3)[C@]12C. The Labute approximate surface area is 250 Å². The van der Waals surface area contributed by atoms with E-state index in [0.717, 1.165) is 32.1 Å². The van der Waals surface area contributed by atoms with Crippen molar-refractivity contribution in [3.8, 4) is 0 Å². The van der Waals surface area contributed by atoms with E-state index >= 15 is 0 Å². The number of rotatable bonds is 7. The molecule has 8 heteroatoms. The fourth-order valence-electron chi connectivity index (χ4n) is 10.0. The highest BCUT2D eigenvalue weighted by Gasteiger charge is 2.67. The van der Waals surface area contributed by atoms with Crippen LogP contribution in [0.15, 0.2) is 30.3 Å². The molecule has 1 amide bonds. The van der Waals surface area contributed by atoms with Crippen molar-refractivity contribution in [2.24, 2.45) is 46.3 Å². The van der Waals surface area contributed by atoms with Crippen LogP contribution in [-0.4, -0.2) is 48.6 Å². The van der Waals surface area contributed by atoms with Crippen molar-refractivity contribution in [1.82, 2.24) is 0 Å². The zero-order valence-electron chi connectivity index (χ0n) is 25.8. The van der Waals surface area contributed by atoms with Gasteiger partial charge in [0.25, 0.3) is 0 Å². The lowest BCUT2D eigenvalue weighted by Crippen LogP contribution is -2.63. The molecular formula is C34H49NO7. The van der Waals surface area contributed by atoms with Crippen LogP contribution in [0.2, 0.25) is 0 Å². The minimum Gasteiger partial charge on any atom is -0.469 e. The van der Waals surface area contributed by atoms with Crippen molar-refractivity contribution in [2.45, 2.75) is 104 Å². The predicted molar refractivity (Wildman–Crippen MR) is 158 cm³/mol. The van der Waals surface area contributed by atoms with Crippen LogP contribution >= 0.6 is 0 Å². The number of carbonyl (C=O) groups excluding carboxylic acids is 3. The minimum atomic E-state index is -0.453. The first kappa shape index (κ1) is 30.8. The van der Waals surface area contributed by atoms with Crippen LogP contribution in [-0.2, 0) is 23.8 Å². The van der Waals surface area contributed by atoms with Crippen LogP contribution in [0.3, 0.4) is 0 Å². The van der Waals surface area contributed by atoms with Crippen LogP contribution in [0, 0.1) is 46.3 Å². The molecule has 4 saturated carbocycles. The molecule has 0 unspecified atom stereocenters. The van der Waals surface area contributed by atoms with E-state index in [1.807, 2.05) is 30.3 Å². The zero-order chi connectivity index (χ0) is 30.2. The van der Waals surface area contributed by atoms with Crippen molar-refractivity contribution in [3.05, 3.63) is 30.3 Å². The van der Waals surface area contributed by atoms with Crippen molar-refractivity contribution in [3.63, 3.8) is 0 Å². The first-order valence-corrected chi connectivity index (χ1v) is 15.9. The summed E-state index contributed by atoms with van der Waals surface area (Å²) in [6.45, 7) is 8.34. The number of amides is 1. The molecule has 1 aromatic rings. The highest BCUT2D eigenvalue weighted by molar-refractivity contribution is 5.84. The number of aliphatic hydroxyl groups is 1. The van der Waals surface area contributed by atoms with Gasteiger partial charge in [-0.05, 0) is 98.5 Å². The zero-order valence-corrected chi connectivity index (χ0v) is 25.8. The third-order valence-electron chi connectivity index (χ3n) is 12.1. The van der Waals surface area contributed by atoms with Gasteiger partial charge in [-0.1, -0.05) is 39.0 Å². The highest BCUT2D eigenvalue weighted by atomic mass is 16.6. The molecule has 1 aromatic carbocycles. The Kier molecular flexibility index (Phi) is 8.94. The molecule has 0 heterocycles. The monoisotopic (exact) mass is 583 g/mol. The van der Waals surface area contributed by atoms with E-state index in [-0.39, 0.29) is 76.6 Å². The Bertz CT molecular complexity index is 1140. The standard InChI is InChI=1S/C34H49NO7/c1-20(11-14-30(38)40-5)25-12-13-26-31-27(33(3)16-15-24(37)17-22(33)18-28(31)41-21(2)36)19-29(34(25,26)4)42-32(39)35-23-9-7-6-8-10-23/h6-10,20,22,24-29,31,37H,11-19H2,1-5H3,(H,35,39)/t20-,22+,24+,25-,26+,27+,28-,29+,31+,33+,34-/m1/s1. The minimum absolute atomic E-state index is 0.0338. The summed E-state index contributed by atoms with van der Waals surface area (Å²) in [7, 11) is 1.42. The number of benzene rings is 1. The van der Waals surface area contributed by atoms with Gasteiger partial charge >= 0.3 is 18.0 Å². The topological polar surface area (TPSA) is 111 Å². The van der Waals surface area contributed by atoms with Crippen LogP contribution < -0.4 is 5.32 Å². The van der Waals surface area contributed by atoms with Gasteiger partial charge in [0.15, 0.2) is 0 Å². The van der Waals surface area contributed by atoms with E-state index in [2.05, 4.69) is 26.1 Å². The van der Waals surface area contributed by atoms with E-state index in [1.165, 1.54) is 14.0 Å². The second-order valence-electron chi connectivity index (χ2n) is 14.1. The second kappa shape index (κ2) is 12.2. The van der Waals surface area contributed by atoms with Crippen LogP contribution in [0.5, 0.6) is 0 Å². The lowest BCUT2D eigenvalue weighted by Gasteiger charge is -2.64. The number of anilines is 1. The molecule has 2 N–H and O–H groups in total. The third kappa shape index (κ3) is 5.68. The average molecular weight is 584 g/mol. The molecule has 5 rings (SSSR count). The molecule has 8 nitrogen and oxygen atoms in total. The van der Waals surface area contributed by atoms with Crippen LogP contribution in [0.25, 0.3) is 0 Å². The summed E-state index contributed by atoms with van der Waals surface area (Å²) >= 11 is 0. The number of hydrogen-bond donors (Lipinski definition) is 2. The van der Waals surface area contributed by atoms with Gasteiger partial charge in [-0.25, -0.2) is 4.79 Å². The summed E-state index contributed by atoms with van der Waals surface area (Å²) in [6.07, 6.45) is 5.53. The normalized spacial score (nSPS) is 39.6. The van der Waals surface area contributed by atoms with Crippen LogP contribution in [0.1, 0.15) is 85.5 Å². The molecule has 42 heavy (non-hydrogen) atoms. The van der Waals surface area contributed by atoms with Gasteiger partial charge in [-0.15, -0.1) is 0 Å². The maximum Gasteiger partial charge on any atom is 0.411 e. The van der Waals surface area contributed by atoms with Gasteiger partial charge in [0.2, 0.25) is 0 Å². The quantitative estimate of drug-likeness (QED) is 0.284. The molecule has 0 spiro atoms. The first-order chi connectivity index (χ1) is 20.0. The van der Waals surface area contributed by atoms with Crippen molar-refractivity contribution >= 4 is 23.7 Å². The number of methoxy groups -OCH3 is 1. The molecule has 0 bridgehead atoms. The van der Waals surface area contributed by atoms with Gasteiger partial charge in [-0.3, -0.25) is 14.9 Å². The summed E-state index contributed by atoms with van der Waals surface area (Å²) in [5.74, 6) is 0.789. The third-order valence-corrected chi connectivity index (χ3v) is 12.1. The van der Waals surface area contributed by atoms with Crippen LogP contribution in [0.4, 0.5) is 10.5 Å². The Balaban J connectivity index is 1.50. The second-order valence-corrected chi connectivity index (χ2v) is 14.1. The Morgan fingerprint density at radius 1 is 1.02 bits per heavy atom. The van der Waals surface area contributed by atoms with Gasteiger partial charge in [0.05, 0.1) is 13.2 Å². The number of ether oxygens (including phenoxy) is 3. The van der Waals surface area contributed by atoms with E-state index in [4.69, 9.17) is 14.2 Å². The van der Waals surface area contributed by atoms with Gasteiger partial charge in [-0.2, -0.15) is 0 Å². The molecule has 11 atom stereocenters. The molecule has 232 valence electrons. The Morgan fingerprint density at radius 3 is 2.45 bits per heavy atom. The maximum absolute atomic E-state index is 13.4. The first-order valence-electron chi connectivity index (χ1n) is 15.9. The predicted octanol–water partition coefficient (Wildman–Crippen LogP) is 6.36. The summed E-state index contributed by atoms with van der Waals surface area (Å²) in [6, 6.07) is 9.36. The summed E-state index contributed by atoms with van der Waals surface area (Å²) < 4.78 is 17.5. The van der Waals surface area contributed by atoms with E-state index in [0.29, 0.717) is 31.4 Å². The van der Waals surface area contributed by atoms with E-state index in [1.54, 1.807) is 0 Å². The largest absolute Gasteiger partial charge is 0.469 e. The molecule has 0 saturated heterocycles. The highest BCUT2D eigenvalue weighted by Crippen LogP contribution is 2.69. The fraction of sp³-hybridized carbons (Fsp3) is 0.735. The lowest BCUT2D eigenvalue weighted by molar-refractivity contribution is -0.215. The molecule has 4 aliphatic carbocycles. The number of fused-ring (bicyclic) bond motifs is 5. The Hall–Kier alpha value is -2.61. The maximum atomic E-state index is 13.4. The molecule has 4 aliphatic rings. The number of carbonyl (C=O) groups is 3. The number of hydrogen-bond acceptors (Lipinski definition) is 7. The molecule has 4 fully saturated rings. The number of nitrogens with one attached hydrogen (secondary N) is 1. The van der Waals surface area contributed by atoms with E-state index < -0.39 is 6.09 Å². The molecular weight excluding hydrogens is 534 g/mol. The van der Waals surface area contributed by atoms with Crippen molar-refractivity contribution in [1.29, 1.82) is 0 Å². The van der Waals surface area contributed by atoms with Crippen molar-refractivity contribution in [2.75, 3.05) is 12.4 Å². The smallest absolute Gasteiger partial charge is 0.411 e. The summed E-state index contributed by atoms with van der Waals surface area (Å²) in [5, 5.41) is 13.5. The van der Waals surface area contributed by atoms with Crippen molar-refractivity contribution < 1.29 is 33.7 Å². The molecule has 0 radical (unpaired) electrons. The number of aliphatic hydroxyl groups excluding tert-OH is 1. The summed E-state index contributed by atoms with van der Waals surface area (Å²) in [4.78, 5) is 37.9. The number of esters is 2. The average Bonchev–Trinajstić information content (AvgIpc) is 3.31. The van der Waals surface area contributed by atoms with Gasteiger partial charge in [0, 0.05) is 30.4 Å².